The number of carbonyl (C=O) groups is 1. The van der Waals surface area contributed by atoms with Gasteiger partial charge in [0.2, 0.25) is 5.91 Å². The van der Waals surface area contributed by atoms with Crippen LogP contribution in [0.2, 0.25) is 0 Å². The van der Waals surface area contributed by atoms with Crippen LogP contribution < -0.4 is 5.32 Å². The number of tetrazole rings is 1. The molecule has 3 aromatic rings. The molecule has 0 aliphatic heterocycles. The molecule has 0 atom stereocenters. The van der Waals surface area contributed by atoms with Gasteiger partial charge in [0.25, 0.3) is 0 Å². The smallest absolute Gasteiger partial charge is 0.242 e. The van der Waals surface area contributed by atoms with Crippen LogP contribution in [0.3, 0.4) is 0 Å². The molecule has 3 aromatic heterocycles. The van der Waals surface area contributed by atoms with Gasteiger partial charge in [-0.1, -0.05) is 0 Å². The summed E-state index contributed by atoms with van der Waals surface area (Å²) in [5, 5.41) is 14.4. The molecule has 3 rings (SSSR count). The Balaban J connectivity index is 1.63. The fourth-order valence-electron chi connectivity index (χ4n) is 1.84. The first kappa shape index (κ1) is 14.3. The standard InChI is InChI=1S/C13H13N7OS/c1-9-11(6-15-12(21)7-20-8-16-18-19-20)22-13(17-9)10-3-2-4-14-5-10/h2-5,8H,6-7H2,1H3,(H,15,21). The average molecular weight is 315 g/mol. The van der Waals surface area contributed by atoms with Gasteiger partial charge in [-0.05, 0) is 29.5 Å². The summed E-state index contributed by atoms with van der Waals surface area (Å²) in [7, 11) is 0. The van der Waals surface area contributed by atoms with E-state index < -0.39 is 0 Å². The maximum atomic E-state index is 11.8. The lowest BCUT2D eigenvalue weighted by Crippen LogP contribution is -2.27. The lowest BCUT2D eigenvalue weighted by molar-refractivity contribution is -0.122. The highest BCUT2D eigenvalue weighted by Gasteiger charge is 2.11. The summed E-state index contributed by atoms with van der Waals surface area (Å²) in [5.74, 6) is -0.150. The molecule has 9 heteroatoms. The molecule has 112 valence electrons. The van der Waals surface area contributed by atoms with Gasteiger partial charge in [0.15, 0.2) is 0 Å². The molecular formula is C13H13N7OS. The van der Waals surface area contributed by atoms with Crippen molar-refractivity contribution in [1.29, 1.82) is 0 Å². The second kappa shape index (κ2) is 6.39. The van der Waals surface area contributed by atoms with Crippen LogP contribution >= 0.6 is 11.3 Å². The molecule has 1 N–H and O–H groups in total. The summed E-state index contributed by atoms with van der Waals surface area (Å²) in [6.07, 6.45) is 4.90. The van der Waals surface area contributed by atoms with Gasteiger partial charge in [-0.3, -0.25) is 9.78 Å². The molecule has 0 radical (unpaired) electrons. The largest absolute Gasteiger partial charge is 0.350 e. The maximum absolute atomic E-state index is 11.8. The Morgan fingerprint density at radius 2 is 2.36 bits per heavy atom. The predicted octanol–water partition coefficient (Wildman–Crippen LogP) is 0.816. The van der Waals surface area contributed by atoms with Crippen molar-refractivity contribution in [3.63, 3.8) is 0 Å². The lowest BCUT2D eigenvalue weighted by Gasteiger charge is -2.03. The lowest BCUT2D eigenvalue weighted by atomic mass is 10.3. The van der Waals surface area contributed by atoms with Gasteiger partial charge in [0.05, 0.1) is 12.2 Å². The minimum atomic E-state index is -0.150. The highest BCUT2D eigenvalue weighted by molar-refractivity contribution is 7.15. The van der Waals surface area contributed by atoms with Crippen molar-refractivity contribution in [3.05, 3.63) is 41.4 Å². The molecule has 0 bridgehead atoms. The molecule has 0 fully saturated rings. The monoisotopic (exact) mass is 315 g/mol. The molecule has 22 heavy (non-hydrogen) atoms. The number of rotatable bonds is 5. The van der Waals surface area contributed by atoms with Gasteiger partial charge in [-0.2, -0.15) is 0 Å². The van der Waals surface area contributed by atoms with Crippen LogP contribution in [0.4, 0.5) is 0 Å². The Morgan fingerprint density at radius 3 is 3.09 bits per heavy atom. The number of nitrogens with one attached hydrogen (secondary N) is 1. The highest BCUT2D eigenvalue weighted by atomic mass is 32.1. The van der Waals surface area contributed by atoms with Crippen molar-refractivity contribution in [3.8, 4) is 10.6 Å². The molecule has 0 spiro atoms. The van der Waals surface area contributed by atoms with Crippen molar-refractivity contribution >= 4 is 17.2 Å². The molecule has 3 heterocycles. The summed E-state index contributed by atoms with van der Waals surface area (Å²) in [5.41, 5.74) is 1.88. The number of amides is 1. The Bertz CT molecular complexity index is 754. The van der Waals surface area contributed by atoms with E-state index in [1.54, 1.807) is 23.7 Å². The molecule has 1 amide bonds. The van der Waals surface area contributed by atoms with Crippen molar-refractivity contribution in [2.75, 3.05) is 0 Å². The van der Waals surface area contributed by atoms with Crippen molar-refractivity contribution in [2.45, 2.75) is 20.0 Å². The number of pyridine rings is 1. The van der Waals surface area contributed by atoms with E-state index in [1.165, 1.54) is 11.0 Å². The molecule has 0 aromatic carbocycles. The third kappa shape index (κ3) is 3.31. The average Bonchev–Trinajstić information content (AvgIpc) is 3.16. The van der Waals surface area contributed by atoms with Crippen LogP contribution in [0.25, 0.3) is 10.6 Å². The number of carbonyl (C=O) groups excluding carboxylic acids is 1. The molecule has 0 aliphatic carbocycles. The van der Waals surface area contributed by atoms with E-state index in [0.717, 1.165) is 21.1 Å². The number of hydrogen-bond donors (Lipinski definition) is 1. The summed E-state index contributed by atoms with van der Waals surface area (Å²) in [6.45, 7) is 2.46. The highest BCUT2D eigenvalue weighted by Crippen LogP contribution is 2.27. The van der Waals surface area contributed by atoms with Crippen molar-refractivity contribution in [1.82, 2.24) is 35.5 Å². The van der Waals surface area contributed by atoms with Crippen LogP contribution in [0.5, 0.6) is 0 Å². The Hall–Kier alpha value is -2.68. The third-order valence-electron chi connectivity index (χ3n) is 2.94. The number of nitrogens with zero attached hydrogens (tertiary/aromatic N) is 6. The molecule has 8 nitrogen and oxygen atoms in total. The van der Waals surface area contributed by atoms with Gasteiger partial charge in [-0.25, -0.2) is 9.67 Å². The Kier molecular flexibility index (Phi) is 4.15. The molecule has 0 saturated carbocycles. The normalized spacial score (nSPS) is 10.6. The van der Waals surface area contributed by atoms with Crippen molar-refractivity contribution in [2.24, 2.45) is 0 Å². The van der Waals surface area contributed by atoms with E-state index in [4.69, 9.17) is 0 Å². The Morgan fingerprint density at radius 1 is 1.45 bits per heavy atom. The first-order valence-corrected chi connectivity index (χ1v) is 7.38. The van der Waals surface area contributed by atoms with Crippen molar-refractivity contribution < 1.29 is 4.79 Å². The summed E-state index contributed by atoms with van der Waals surface area (Å²) < 4.78 is 1.37. The van der Waals surface area contributed by atoms with Gasteiger partial charge in [-0.15, -0.1) is 16.4 Å². The first-order valence-electron chi connectivity index (χ1n) is 6.56. The van der Waals surface area contributed by atoms with Gasteiger partial charge < -0.3 is 5.32 Å². The van der Waals surface area contributed by atoms with Crippen LogP contribution in [-0.4, -0.2) is 36.1 Å². The second-order valence-electron chi connectivity index (χ2n) is 4.55. The van der Waals surface area contributed by atoms with E-state index in [2.05, 4.69) is 30.8 Å². The quantitative estimate of drug-likeness (QED) is 0.748. The first-order chi connectivity index (χ1) is 10.7. The minimum absolute atomic E-state index is 0.0975. The summed E-state index contributed by atoms with van der Waals surface area (Å²) in [6, 6.07) is 3.84. The predicted molar refractivity (Wildman–Crippen MR) is 79.7 cm³/mol. The van der Waals surface area contributed by atoms with E-state index >= 15 is 0 Å². The van der Waals surface area contributed by atoms with Gasteiger partial charge in [0, 0.05) is 22.8 Å². The Labute approximate surface area is 130 Å². The van der Waals surface area contributed by atoms with E-state index in [-0.39, 0.29) is 12.5 Å². The molecule has 0 aliphatic rings. The van der Waals surface area contributed by atoms with E-state index in [1.807, 2.05) is 19.1 Å². The molecule has 0 saturated heterocycles. The zero-order chi connectivity index (χ0) is 15.4. The summed E-state index contributed by atoms with van der Waals surface area (Å²) in [4.78, 5) is 21.5. The SMILES string of the molecule is Cc1nc(-c2cccnc2)sc1CNC(=O)Cn1cnnn1. The number of aromatic nitrogens is 6. The minimum Gasteiger partial charge on any atom is -0.350 e. The zero-order valence-electron chi connectivity index (χ0n) is 11.8. The maximum Gasteiger partial charge on any atom is 0.242 e. The third-order valence-corrected chi connectivity index (χ3v) is 4.15. The fraction of sp³-hybridized carbons (Fsp3) is 0.231. The number of hydrogen-bond acceptors (Lipinski definition) is 7. The summed E-state index contributed by atoms with van der Waals surface area (Å²) >= 11 is 1.55. The fourth-order valence-corrected chi connectivity index (χ4v) is 2.83. The van der Waals surface area contributed by atoms with Crippen LogP contribution in [0.1, 0.15) is 10.6 Å². The van der Waals surface area contributed by atoms with Crippen LogP contribution in [-0.2, 0) is 17.9 Å². The van der Waals surface area contributed by atoms with Gasteiger partial charge >= 0.3 is 0 Å². The number of aryl methyl sites for hydroxylation is 1. The van der Waals surface area contributed by atoms with Gasteiger partial charge in [0.1, 0.15) is 17.9 Å². The molecule has 0 unspecified atom stereocenters. The van der Waals surface area contributed by atoms with Crippen LogP contribution in [0, 0.1) is 6.92 Å². The van der Waals surface area contributed by atoms with E-state index in [9.17, 15) is 4.79 Å². The zero-order valence-corrected chi connectivity index (χ0v) is 12.6. The second-order valence-corrected chi connectivity index (χ2v) is 5.64. The topological polar surface area (TPSA) is 98.5 Å². The number of thiazole rings is 1. The van der Waals surface area contributed by atoms with Crippen LogP contribution in [0.15, 0.2) is 30.9 Å². The van der Waals surface area contributed by atoms with E-state index in [0.29, 0.717) is 6.54 Å². The molecular weight excluding hydrogens is 302 g/mol.